The van der Waals surface area contributed by atoms with Crippen LogP contribution in [0.4, 0.5) is 4.79 Å². The third kappa shape index (κ3) is 2.76. The van der Waals surface area contributed by atoms with E-state index in [1.165, 1.54) is 0 Å². The number of benzene rings is 1. The summed E-state index contributed by atoms with van der Waals surface area (Å²) in [6, 6.07) is 7.82. The minimum Gasteiger partial charge on any atom is -0.447 e. The Balaban J connectivity index is 1.75. The number of amides is 1. The molecule has 1 aromatic carbocycles. The lowest BCUT2D eigenvalue weighted by Gasteiger charge is -2.32. The van der Waals surface area contributed by atoms with Gasteiger partial charge >= 0.3 is 6.09 Å². The highest BCUT2D eigenvalue weighted by atomic mass is 35.5. The first-order valence-corrected chi connectivity index (χ1v) is 7.51. The molecule has 2 saturated heterocycles. The smallest absolute Gasteiger partial charge is 0.410 e. The van der Waals surface area contributed by atoms with Crippen molar-refractivity contribution < 1.29 is 9.53 Å². The fraction of sp³-hybridized carbons (Fsp3) is 0.533. The van der Waals surface area contributed by atoms with Crippen LogP contribution in [-0.2, 0) is 11.3 Å². The molecule has 1 N–H and O–H groups in total. The molecule has 0 aliphatic carbocycles. The van der Waals surface area contributed by atoms with Gasteiger partial charge in [-0.1, -0.05) is 29.8 Å². The zero-order valence-corrected chi connectivity index (χ0v) is 12.1. The van der Waals surface area contributed by atoms with Crippen LogP contribution >= 0.6 is 11.6 Å². The maximum absolute atomic E-state index is 12.0. The molecule has 2 heterocycles. The van der Waals surface area contributed by atoms with Gasteiger partial charge in [-0.25, -0.2) is 4.79 Å². The first-order valence-electron chi connectivity index (χ1n) is 7.13. The molecular weight excluding hydrogens is 276 g/mol. The molecule has 2 fully saturated rings. The number of halogens is 1. The van der Waals surface area contributed by atoms with E-state index < -0.39 is 0 Å². The molecule has 3 rings (SSSR count). The van der Waals surface area contributed by atoms with E-state index in [0.717, 1.165) is 31.5 Å². The number of hydrogen-bond acceptors (Lipinski definition) is 3. The van der Waals surface area contributed by atoms with Crippen LogP contribution in [-0.4, -0.2) is 36.7 Å². The van der Waals surface area contributed by atoms with Crippen LogP contribution in [0.3, 0.4) is 0 Å². The van der Waals surface area contributed by atoms with Gasteiger partial charge < -0.3 is 10.1 Å². The second-order valence-corrected chi connectivity index (χ2v) is 5.88. The van der Waals surface area contributed by atoms with E-state index in [9.17, 15) is 4.79 Å². The molecule has 0 aromatic heterocycles. The van der Waals surface area contributed by atoms with Gasteiger partial charge in [0.15, 0.2) is 0 Å². The Morgan fingerprint density at radius 2 is 2.25 bits per heavy atom. The molecular formula is C15H19ClN2O2. The average Bonchev–Trinajstić information content (AvgIpc) is 2.84. The van der Waals surface area contributed by atoms with Crippen molar-refractivity contribution in [1.82, 2.24) is 10.2 Å². The Morgan fingerprint density at radius 3 is 3.00 bits per heavy atom. The van der Waals surface area contributed by atoms with E-state index in [-0.39, 0.29) is 12.1 Å². The molecule has 108 valence electrons. The predicted octanol–water partition coefficient (Wildman–Crippen LogP) is 2.66. The van der Waals surface area contributed by atoms with Gasteiger partial charge in [0.1, 0.15) is 6.61 Å². The van der Waals surface area contributed by atoms with Gasteiger partial charge in [0, 0.05) is 11.6 Å². The molecule has 5 heteroatoms. The van der Waals surface area contributed by atoms with Crippen molar-refractivity contribution in [3.63, 3.8) is 0 Å². The van der Waals surface area contributed by atoms with Crippen LogP contribution in [0.5, 0.6) is 0 Å². The summed E-state index contributed by atoms with van der Waals surface area (Å²) in [4.78, 5) is 13.8. The summed E-state index contributed by atoms with van der Waals surface area (Å²) in [5, 5.41) is 4.10. The molecule has 1 aromatic rings. The lowest BCUT2D eigenvalue weighted by molar-refractivity contribution is 0.152. The van der Waals surface area contributed by atoms with Crippen LogP contribution < -0.4 is 5.32 Å². The van der Waals surface area contributed by atoms with E-state index >= 15 is 0 Å². The minimum atomic E-state index is -0.222. The standard InChI is InChI=1S/C15H19ClN2O2/c16-13-6-2-1-4-12(13)9-18-14(10-20-15(18)19)11-5-3-7-17-8-11/h1-2,4,6,11,14,17H,3,5,7-10H2. The number of ether oxygens (including phenoxy) is 1. The van der Waals surface area contributed by atoms with Gasteiger partial charge in [-0.2, -0.15) is 0 Å². The maximum atomic E-state index is 12.0. The molecule has 0 spiro atoms. The van der Waals surface area contributed by atoms with Gasteiger partial charge in [-0.05, 0) is 36.9 Å². The van der Waals surface area contributed by atoms with Crippen LogP contribution in [0.25, 0.3) is 0 Å². The highest BCUT2D eigenvalue weighted by Crippen LogP contribution is 2.28. The summed E-state index contributed by atoms with van der Waals surface area (Å²) in [5.41, 5.74) is 0.974. The van der Waals surface area contributed by atoms with Crippen molar-refractivity contribution in [2.45, 2.75) is 25.4 Å². The van der Waals surface area contributed by atoms with Gasteiger partial charge in [-0.15, -0.1) is 0 Å². The van der Waals surface area contributed by atoms with Crippen LogP contribution in [0.1, 0.15) is 18.4 Å². The Morgan fingerprint density at radius 1 is 1.40 bits per heavy atom. The largest absolute Gasteiger partial charge is 0.447 e. The van der Waals surface area contributed by atoms with E-state index in [2.05, 4.69) is 5.32 Å². The molecule has 0 bridgehead atoms. The monoisotopic (exact) mass is 294 g/mol. The van der Waals surface area contributed by atoms with E-state index in [1.807, 2.05) is 29.2 Å². The molecule has 2 unspecified atom stereocenters. The highest BCUT2D eigenvalue weighted by Gasteiger charge is 2.38. The Hall–Kier alpha value is -1.26. The fourth-order valence-electron chi connectivity index (χ4n) is 3.05. The SMILES string of the molecule is O=C1OCC(C2CCCNC2)N1Cc1ccccc1Cl. The molecule has 2 aliphatic rings. The molecule has 0 saturated carbocycles. The first kappa shape index (κ1) is 13.7. The first-order chi connectivity index (χ1) is 9.75. The second-order valence-electron chi connectivity index (χ2n) is 5.47. The number of rotatable bonds is 3. The maximum Gasteiger partial charge on any atom is 0.410 e. The summed E-state index contributed by atoms with van der Waals surface area (Å²) in [5.74, 6) is 0.470. The summed E-state index contributed by atoms with van der Waals surface area (Å²) in [6.45, 7) is 3.05. The molecule has 2 atom stereocenters. The number of carbonyl (C=O) groups is 1. The molecule has 2 aliphatic heterocycles. The van der Waals surface area contributed by atoms with E-state index in [4.69, 9.17) is 16.3 Å². The lowest BCUT2D eigenvalue weighted by atomic mass is 9.91. The molecule has 20 heavy (non-hydrogen) atoms. The zero-order valence-electron chi connectivity index (χ0n) is 11.3. The zero-order chi connectivity index (χ0) is 13.9. The highest BCUT2D eigenvalue weighted by molar-refractivity contribution is 6.31. The van der Waals surface area contributed by atoms with E-state index in [0.29, 0.717) is 24.1 Å². The van der Waals surface area contributed by atoms with Crippen molar-refractivity contribution in [2.75, 3.05) is 19.7 Å². The number of carbonyl (C=O) groups excluding carboxylic acids is 1. The third-order valence-electron chi connectivity index (χ3n) is 4.19. The molecule has 1 amide bonds. The van der Waals surface area contributed by atoms with Gasteiger partial charge in [-0.3, -0.25) is 4.90 Å². The number of hydrogen-bond donors (Lipinski definition) is 1. The Labute approximate surface area is 124 Å². The van der Waals surface area contributed by atoms with Crippen molar-refractivity contribution >= 4 is 17.7 Å². The summed E-state index contributed by atoms with van der Waals surface area (Å²) in [7, 11) is 0. The summed E-state index contributed by atoms with van der Waals surface area (Å²) < 4.78 is 5.26. The van der Waals surface area contributed by atoms with Gasteiger partial charge in [0.25, 0.3) is 0 Å². The minimum absolute atomic E-state index is 0.159. The van der Waals surface area contributed by atoms with Gasteiger partial charge in [0.2, 0.25) is 0 Å². The Bertz CT molecular complexity index is 489. The summed E-state index contributed by atoms with van der Waals surface area (Å²) in [6.07, 6.45) is 2.09. The molecule has 4 nitrogen and oxygen atoms in total. The predicted molar refractivity (Wildman–Crippen MR) is 77.7 cm³/mol. The fourth-order valence-corrected chi connectivity index (χ4v) is 3.25. The topological polar surface area (TPSA) is 41.6 Å². The number of nitrogens with one attached hydrogen (secondary N) is 1. The number of piperidine rings is 1. The third-order valence-corrected chi connectivity index (χ3v) is 4.56. The Kier molecular flexibility index (Phi) is 4.13. The average molecular weight is 295 g/mol. The van der Waals surface area contributed by atoms with Crippen molar-refractivity contribution in [3.8, 4) is 0 Å². The van der Waals surface area contributed by atoms with E-state index in [1.54, 1.807) is 0 Å². The summed E-state index contributed by atoms with van der Waals surface area (Å²) >= 11 is 6.19. The quantitative estimate of drug-likeness (QED) is 0.932. The van der Waals surface area contributed by atoms with Gasteiger partial charge in [0.05, 0.1) is 12.6 Å². The second kappa shape index (κ2) is 6.02. The number of nitrogens with zero attached hydrogens (tertiary/aromatic N) is 1. The normalized spacial score (nSPS) is 26.6. The van der Waals surface area contributed by atoms with Crippen LogP contribution in [0.15, 0.2) is 24.3 Å². The van der Waals surface area contributed by atoms with Crippen LogP contribution in [0.2, 0.25) is 5.02 Å². The van der Waals surface area contributed by atoms with Crippen LogP contribution in [0, 0.1) is 5.92 Å². The number of cyclic esters (lactones) is 1. The van der Waals surface area contributed by atoms with Crippen molar-refractivity contribution in [3.05, 3.63) is 34.9 Å². The van der Waals surface area contributed by atoms with Crippen molar-refractivity contribution in [1.29, 1.82) is 0 Å². The lowest BCUT2D eigenvalue weighted by Crippen LogP contribution is -2.45. The molecule has 0 radical (unpaired) electrons. The van der Waals surface area contributed by atoms with Crippen molar-refractivity contribution in [2.24, 2.45) is 5.92 Å².